The Morgan fingerprint density at radius 1 is 1.56 bits per heavy atom. The fraction of sp³-hybridized carbons (Fsp3) is 0.385. The number of hydrogen-bond acceptors (Lipinski definition) is 3. The quantitative estimate of drug-likeness (QED) is 0.682. The van der Waals surface area contributed by atoms with Crippen molar-refractivity contribution in [3.8, 4) is 5.75 Å². The lowest BCUT2D eigenvalue weighted by atomic mass is 10.1. The standard InChI is InChI=1S/C13H18N2O2S/c1-2-10(8-12(14)18)15-13(17)7-9-4-3-5-11(16)6-9/h3-6,10,16H,2,7-8H2,1H3,(H2,14,18)(H,15,17). The first kappa shape index (κ1) is 14.4. The molecule has 0 aromatic heterocycles. The van der Waals surface area contributed by atoms with Crippen LogP contribution in [0, 0.1) is 0 Å². The molecule has 4 N–H and O–H groups in total. The van der Waals surface area contributed by atoms with Gasteiger partial charge in [0.1, 0.15) is 5.75 Å². The minimum absolute atomic E-state index is 0.0210. The number of rotatable bonds is 6. The van der Waals surface area contributed by atoms with Gasteiger partial charge in [0.25, 0.3) is 0 Å². The molecular formula is C13H18N2O2S. The van der Waals surface area contributed by atoms with Crippen LogP contribution < -0.4 is 11.1 Å². The number of nitrogens with two attached hydrogens (primary N) is 1. The highest BCUT2D eigenvalue weighted by Gasteiger charge is 2.11. The van der Waals surface area contributed by atoms with Crippen LogP contribution in [0.4, 0.5) is 0 Å². The lowest BCUT2D eigenvalue weighted by Gasteiger charge is -2.16. The largest absolute Gasteiger partial charge is 0.508 e. The average Bonchev–Trinajstić information content (AvgIpc) is 2.27. The van der Waals surface area contributed by atoms with Crippen LogP contribution in [0.3, 0.4) is 0 Å². The number of phenols is 1. The SMILES string of the molecule is CCC(CC(N)=S)NC(=O)Cc1cccc(O)c1. The fourth-order valence-corrected chi connectivity index (χ4v) is 1.87. The number of phenolic OH excluding ortho intramolecular Hbond substituents is 1. The second-order valence-electron chi connectivity index (χ2n) is 4.19. The second kappa shape index (κ2) is 6.96. The predicted molar refractivity (Wildman–Crippen MR) is 75.4 cm³/mol. The van der Waals surface area contributed by atoms with E-state index in [1.807, 2.05) is 6.92 Å². The molecule has 1 aromatic carbocycles. The van der Waals surface area contributed by atoms with Crippen molar-refractivity contribution >= 4 is 23.1 Å². The van der Waals surface area contributed by atoms with Crippen LogP contribution in [-0.2, 0) is 11.2 Å². The van der Waals surface area contributed by atoms with Crippen molar-refractivity contribution in [3.63, 3.8) is 0 Å². The van der Waals surface area contributed by atoms with Gasteiger partial charge in [0.15, 0.2) is 0 Å². The fourth-order valence-electron chi connectivity index (χ4n) is 1.67. The maximum Gasteiger partial charge on any atom is 0.224 e. The molecule has 0 bridgehead atoms. The Morgan fingerprint density at radius 2 is 2.28 bits per heavy atom. The van der Waals surface area contributed by atoms with Crippen molar-refractivity contribution in [3.05, 3.63) is 29.8 Å². The third-order valence-electron chi connectivity index (χ3n) is 2.58. The number of carbonyl (C=O) groups is 1. The normalized spacial score (nSPS) is 11.8. The Bertz CT molecular complexity index is 435. The number of benzene rings is 1. The molecule has 0 heterocycles. The summed E-state index contributed by atoms with van der Waals surface area (Å²) >= 11 is 4.83. The molecule has 4 nitrogen and oxygen atoms in total. The minimum atomic E-state index is -0.0938. The zero-order valence-electron chi connectivity index (χ0n) is 10.3. The van der Waals surface area contributed by atoms with E-state index in [4.69, 9.17) is 18.0 Å². The Balaban J connectivity index is 2.52. The van der Waals surface area contributed by atoms with Gasteiger partial charge in [-0.1, -0.05) is 31.3 Å². The van der Waals surface area contributed by atoms with Gasteiger partial charge in [-0.05, 0) is 24.1 Å². The maximum atomic E-state index is 11.8. The maximum absolute atomic E-state index is 11.8. The molecule has 0 radical (unpaired) electrons. The Kier molecular flexibility index (Phi) is 5.58. The van der Waals surface area contributed by atoms with Crippen LogP contribution in [0.2, 0.25) is 0 Å². The van der Waals surface area contributed by atoms with E-state index in [9.17, 15) is 9.90 Å². The summed E-state index contributed by atoms with van der Waals surface area (Å²) in [5.74, 6) is 0.0687. The van der Waals surface area contributed by atoms with E-state index < -0.39 is 0 Å². The van der Waals surface area contributed by atoms with Gasteiger partial charge in [0, 0.05) is 12.5 Å². The van der Waals surface area contributed by atoms with Crippen LogP contribution in [-0.4, -0.2) is 22.0 Å². The minimum Gasteiger partial charge on any atom is -0.508 e. The molecule has 0 aliphatic carbocycles. The van der Waals surface area contributed by atoms with Gasteiger partial charge in [-0.2, -0.15) is 0 Å². The van der Waals surface area contributed by atoms with Gasteiger partial charge in [0.2, 0.25) is 5.91 Å². The van der Waals surface area contributed by atoms with Crippen LogP contribution in [0.25, 0.3) is 0 Å². The molecule has 1 atom stereocenters. The number of carbonyl (C=O) groups excluding carboxylic acids is 1. The van der Waals surface area contributed by atoms with E-state index in [-0.39, 0.29) is 24.1 Å². The van der Waals surface area contributed by atoms with Gasteiger partial charge < -0.3 is 16.2 Å². The first-order valence-corrected chi connectivity index (χ1v) is 6.27. The van der Waals surface area contributed by atoms with E-state index in [0.29, 0.717) is 11.4 Å². The molecule has 0 saturated heterocycles. The summed E-state index contributed by atoms with van der Waals surface area (Å²) in [6, 6.07) is 6.64. The molecular weight excluding hydrogens is 248 g/mol. The van der Waals surface area contributed by atoms with Crippen molar-refractivity contribution in [2.24, 2.45) is 5.73 Å². The molecule has 1 unspecified atom stereocenters. The summed E-state index contributed by atoms with van der Waals surface area (Å²) in [5, 5.41) is 12.2. The number of aromatic hydroxyl groups is 1. The first-order valence-electron chi connectivity index (χ1n) is 5.86. The molecule has 5 heteroatoms. The van der Waals surface area contributed by atoms with E-state index in [0.717, 1.165) is 12.0 Å². The second-order valence-corrected chi connectivity index (χ2v) is 4.71. The Hall–Kier alpha value is -1.62. The Morgan fingerprint density at radius 3 is 2.83 bits per heavy atom. The van der Waals surface area contributed by atoms with Crippen molar-refractivity contribution < 1.29 is 9.90 Å². The molecule has 98 valence electrons. The van der Waals surface area contributed by atoms with Crippen molar-refractivity contribution in [2.45, 2.75) is 32.2 Å². The van der Waals surface area contributed by atoms with E-state index in [2.05, 4.69) is 5.32 Å². The molecule has 18 heavy (non-hydrogen) atoms. The molecule has 1 rings (SSSR count). The van der Waals surface area contributed by atoms with E-state index >= 15 is 0 Å². The number of hydrogen-bond donors (Lipinski definition) is 3. The van der Waals surface area contributed by atoms with Crippen LogP contribution in [0.5, 0.6) is 5.75 Å². The first-order chi connectivity index (χ1) is 8.51. The lowest BCUT2D eigenvalue weighted by molar-refractivity contribution is -0.121. The molecule has 0 aliphatic heterocycles. The number of thiocarbonyl (C=S) groups is 1. The third-order valence-corrected chi connectivity index (χ3v) is 2.75. The van der Waals surface area contributed by atoms with Crippen LogP contribution in [0.15, 0.2) is 24.3 Å². The summed E-state index contributed by atoms with van der Waals surface area (Å²) in [5.41, 5.74) is 6.24. The molecule has 1 amide bonds. The van der Waals surface area contributed by atoms with Crippen molar-refractivity contribution in [1.82, 2.24) is 5.32 Å². The van der Waals surface area contributed by atoms with Gasteiger partial charge >= 0.3 is 0 Å². The summed E-state index contributed by atoms with van der Waals surface area (Å²) in [4.78, 5) is 12.2. The number of nitrogens with one attached hydrogen (secondary N) is 1. The zero-order valence-corrected chi connectivity index (χ0v) is 11.2. The summed E-state index contributed by atoms with van der Waals surface area (Å²) in [6.07, 6.45) is 1.53. The zero-order chi connectivity index (χ0) is 13.5. The van der Waals surface area contributed by atoms with Crippen LogP contribution >= 0.6 is 12.2 Å². The highest BCUT2D eigenvalue weighted by atomic mass is 32.1. The summed E-state index contributed by atoms with van der Waals surface area (Å²) in [7, 11) is 0. The van der Waals surface area contributed by atoms with E-state index in [1.165, 1.54) is 0 Å². The third kappa shape index (κ3) is 5.14. The molecule has 0 aliphatic rings. The summed E-state index contributed by atoms with van der Waals surface area (Å²) in [6.45, 7) is 1.97. The molecule has 0 spiro atoms. The van der Waals surface area contributed by atoms with Crippen molar-refractivity contribution in [1.29, 1.82) is 0 Å². The van der Waals surface area contributed by atoms with Gasteiger partial charge in [0.05, 0.1) is 11.4 Å². The summed E-state index contributed by atoms with van der Waals surface area (Å²) < 4.78 is 0. The lowest BCUT2D eigenvalue weighted by Crippen LogP contribution is -2.37. The monoisotopic (exact) mass is 266 g/mol. The molecule has 0 fully saturated rings. The van der Waals surface area contributed by atoms with Crippen molar-refractivity contribution in [2.75, 3.05) is 0 Å². The van der Waals surface area contributed by atoms with E-state index in [1.54, 1.807) is 24.3 Å². The molecule has 1 aromatic rings. The smallest absolute Gasteiger partial charge is 0.224 e. The predicted octanol–water partition coefficient (Wildman–Crippen LogP) is 1.51. The van der Waals surface area contributed by atoms with Crippen LogP contribution in [0.1, 0.15) is 25.3 Å². The topological polar surface area (TPSA) is 75.3 Å². The highest BCUT2D eigenvalue weighted by molar-refractivity contribution is 7.80. The number of amides is 1. The van der Waals surface area contributed by atoms with Gasteiger partial charge in [-0.25, -0.2) is 0 Å². The Labute approximate surface area is 112 Å². The van der Waals surface area contributed by atoms with Gasteiger partial charge in [-0.3, -0.25) is 4.79 Å². The van der Waals surface area contributed by atoms with Gasteiger partial charge in [-0.15, -0.1) is 0 Å². The average molecular weight is 266 g/mol. The molecule has 0 saturated carbocycles. The highest BCUT2D eigenvalue weighted by Crippen LogP contribution is 2.11.